The van der Waals surface area contributed by atoms with E-state index in [1.165, 1.54) is 19.3 Å². The Bertz CT molecular complexity index is 395. The Morgan fingerprint density at radius 1 is 1.08 bits per heavy atom. The molecule has 0 radical (unpaired) electrons. The molecule has 0 aromatic rings. The first-order chi connectivity index (χ1) is 11.7. The Kier molecular flexibility index (Phi) is 6.75. The molecule has 138 valence electrons. The molecule has 3 aliphatic rings. The zero-order valence-electron chi connectivity index (χ0n) is 14.8. The zero-order valence-corrected chi connectivity index (χ0v) is 14.8. The lowest BCUT2D eigenvalue weighted by molar-refractivity contribution is 0.0172. The van der Waals surface area contributed by atoms with Crippen molar-refractivity contribution in [3.63, 3.8) is 0 Å². The van der Waals surface area contributed by atoms with Crippen LogP contribution in [0.25, 0.3) is 0 Å². The predicted octanol–water partition coefficient (Wildman–Crippen LogP) is 1.29. The van der Waals surface area contributed by atoms with Crippen molar-refractivity contribution in [3.05, 3.63) is 0 Å². The van der Waals surface area contributed by atoms with Crippen LogP contribution in [0, 0.1) is 11.8 Å². The van der Waals surface area contributed by atoms with Crippen LogP contribution in [0.15, 0.2) is 0 Å². The van der Waals surface area contributed by atoms with Gasteiger partial charge in [-0.3, -0.25) is 4.90 Å². The average Bonchev–Trinajstić information content (AvgIpc) is 2.63. The van der Waals surface area contributed by atoms with Crippen LogP contribution in [0.4, 0.5) is 4.79 Å². The Labute approximate surface area is 145 Å². The summed E-state index contributed by atoms with van der Waals surface area (Å²) in [5.74, 6) is 0.660. The number of ether oxygens (including phenoxy) is 1. The van der Waals surface area contributed by atoms with Crippen molar-refractivity contribution >= 4 is 6.03 Å². The number of hydrogen-bond donors (Lipinski definition) is 2. The number of rotatable bonds is 4. The molecule has 24 heavy (non-hydrogen) atoms. The molecule has 2 amide bonds. The van der Waals surface area contributed by atoms with Crippen molar-refractivity contribution in [1.82, 2.24) is 15.1 Å². The highest BCUT2D eigenvalue weighted by molar-refractivity contribution is 5.74. The number of aliphatic hydroxyl groups is 1. The maximum Gasteiger partial charge on any atom is 0.317 e. The summed E-state index contributed by atoms with van der Waals surface area (Å²) in [5.41, 5.74) is 0. The number of nitrogens with zero attached hydrogens (tertiary/aromatic N) is 2. The summed E-state index contributed by atoms with van der Waals surface area (Å²) in [6.45, 7) is 6.26. The fourth-order valence-corrected chi connectivity index (χ4v) is 4.41. The van der Waals surface area contributed by atoms with Gasteiger partial charge < -0.3 is 20.1 Å². The fraction of sp³-hybridized carbons (Fsp3) is 0.944. The van der Waals surface area contributed by atoms with E-state index in [1.54, 1.807) is 0 Å². The van der Waals surface area contributed by atoms with Crippen LogP contribution < -0.4 is 5.32 Å². The quantitative estimate of drug-likeness (QED) is 0.810. The number of carbonyl (C=O) groups excluding carboxylic acids is 1. The lowest BCUT2D eigenvalue weighted by Gasteiger charge is -2.40. The van der Waals surface area contributed by atoms with Gasteiger partial charge in [0.2, 0.25) is 0 Å². The molecule has 0 spiro atoms. The van der Waals surface area contributed by atoms with E-state index in [9.17, 15) is 9.90 Å². The molecule has 0 bridgehead atoms. The van der Waals surface area contributed by atoms with Crippen molar-refractivity contribution in [3.8, 4) is 0 Å². The molecule has 6 nitrogen and oxygen atoms in total. The van der Waals surface area contributed by atoms with E-state index >= 15 is 0 Å². The van der Waals surface area contributed by atoms with Crippen molar-refractivity contribution in [2.45, 2.75) is 44.6 Å². The smallest absolute Gasteiger partial charge is 0.317 e. The van der Waals surface area contributed by atoms with Gasteiger partial charge in [0.15, 0.2) is 0 Å². The lowest BCUT2D eigenvalue weighted by atomic mass is 9.89. The molecule has 0 aromatic heterocycles. The monoisotopic (exact) mass is 339 g/mol. The lowest BCUT2D eigenvalue weighted by Crippen LogP contribution is -2.53. The van der Waals surface area contributed by atoms with Gasteiger partial charge in [0.05, 0.1) is 13.2 Å². The molecule has 6 heteroatoms. The largest absolute Gasteiger partial charge is 0.396 e. The van der Waals surface area contributed by atoms with Crippen molar-refractivity contribution < 1.29 is 14.6 Å². The van der Waals surface area contributed by atoms with Gasteiger partial charge in [-0.15, -0.1) is 0 Å². The Morgan fingerprint density at radius 3 is 2.50 bits per heavy atom. The second-order valence-corrected chi connectivity index (χ2v) is 7.75. The van der Waals surface area contributed by atoms with Crippen LogP contribution >= 0.6 is 0 Å². The van der Waals surface area contributed by atoms with E-state index in [0.29, 0.717) is 18.5 Å². The molecule has 0 aromatic carbocycles. The van der Waals surface area contributed by atoms with Gasteiger partial charge >= 0.3 is 6.03 Å². The zero-order chi connectivity index (χ0) is 16.8. The van der Waals surface area contributed by atoms with Gasteiger partial charge in [-0.2, -0.15) is 0 Å². The van der Waals surface area contributed by atoms with Crippen LogP contribution in [0.2, 0.25) is 0 Å². The predicted molar refractivity (Wildman–Crippen MR) is 92.9 cm³/mol. The van der Waals surface area contributed by atoms with Crippen molar-refractivity contribution in [2.75, 3.05) is 52.5 Å². The summed E-state index contributed by atoms with van der Waals surface area (Å²) < 4.78 is 5.42. The van der Waals surface area contributed by atoms with E-state index in [1.807, 2.05) is 4.90 Å². The van der Waals surface area contributed by atoms with Crippen molar-refractivity contribution in [2.24, 2.45) is 11.8 Å². The van der Waals surface area contributed by atoms with Crippen molar-refractivity contribution in [1.29, 1.82) is 0 Å². The Balaban J connectivity index is 1.52. The standard InChI is InChI=1S/C18H33N3O3/c22-14-16-10-15(11-20-6-8-24-9-7-20)12-21(13-16)18(23)19-17-4-2-1-3-5-17/h15-17,22H,1-14H2,(H,19,23)/t15-,16-/m0/s1. The third-order valence-electron chi connectivity index (χ3n) is 5.72. The fourth-order valence-electron chi connectivity index (χ4n) is 4.41. The minimum absolute atomic E-state index is 0.0760. The Morgan fingerprint density at radius 2 is 1.79 bits per heavy atom. The van der Waals surface area contributed by atoms with Crippen LogP contribution in [0.5, 0.6) is 0 Å². The highest BCUT2D eigenvalue weighted by atomic mass is 16.5. The first-order valence-electron chi connectivity index (χ1n) is 9.71. The number of morpholine rings is 1. The minimum Gasteiger partial charge on any atom is -0.396 e. The summed E-state index contributed by atoms with van der Waals surface area (Å²) in [6, 6.07) is 0.422. The Hall–Kier alpha value is -0.850. The second-order valence-electron chi connectivity index (χ2n) is 7.75. The van der Waals surface area contributed by atoms with Crippen LogP contribution in [-0.2, 0) is 4.74 Å². The summed E-state index contributed by atoms with van der Waals surface area (Å²) >= 11 is 0. The highest BCUT2D eigenvalue weighted by Crippen LogP contribution is 2.24. The second kappa shape index (κ2) is 9.02. The molecule has 2 saturated heterocycles. The third-order valence-corrected chi connectivity index (χ3v) is 5.72. The average molecular weight is 339 g/mol. The molecule has 2 heterocycles. The van der Waals surface area contributed by atoms with Gasteiger partial charge in [-0.05, 0) is 25.2 Å². The van der Waals surface area contributed by atoms with Gasteiger partial charge in [0.25, 0.3) is 0 Å². The maximum absolute atomic E-state index is 12.7. The molecule has 1 aliphatic carbocycles. The molecule has 3 rings (SSSR count). The molecule has 2 atom stereocenters. The van der Waals surface area contributed by atoms with Gasteiger partial charge in [-0.25, -0.2) is 4.79 Å². The van der Waals surface area contributed by atoms with Gasteiger partial charge in [0.1, 0.15) is 0 Å². The van der Waals surface area contributed by atoms with Gasteiger partial charge in [-0.1, -0.05) is 19.3 Å². The third kappa shape index (κ3) is 5.07. The summed E-state index contributed by atoms with van der Waals surface area (Å²) in [7, 11) is 0. The molecule has 0 unspecified atom stereocenters. The van der Waals surface area contributed by atoms with E-state index < -0.39 is 0 Å². The molecule has 2 N–H and O–H groups in total. The van der Waals surface area contributed by atoms with E-state index in [0.717, 1.165) is 58.7 Å². The summed E-state index contributed by atoms with van der Waals surface area (Å²) in [6.07, 6.45) is 6.99. The topological polar surface area (TPSA) is 65.0 Å². The number of carbonyl (C=O) groups is 1. The number of hydrogen-bond acceptors (Lipinski definition) is 4. The number of piperidine rings is 1. The first-order valence-corrected chi connectivity index (χ1v) is 9.71. The van der Waals surface area contributed by atoms with Crippen LogP contribution in [-0.4, -0.2) is 79.5 Å². The van der Waals surface area contributed by atoms with Crippen LogP contribution in [0.1, 0.15) is 38.5 Å². The minimum atomic E-state index is 0.0760. The van der Waals surface area contributed by atoms with E-state index in [2.05, 4.69) is 10.2 Å². The van der Waals surface area contributed by atoms with Crippen LogP contribution in [0.3, 0.4) is 0 Å². The van der Waals surface area contributed by atoms with E-state index in [-0.39, 0.29) is 18.6 Å². The summed E-state index contributed by atoms with van der Waals surface area (Å²) in [5, 5.41) is 12.9. The number of amides is 2. The summed E-state index contributed by atoms with van der Waals surface area (Å²) in [4.78, 5) is 17.0. The number of likely N-dealkylation sites (tertiary alicyclic amines) is 1. The van der Waals surface area contributed by atoms with Gasteiger partial charge in [0, 0.05) is 51.3 Å². The molecule has 1 saturated carbocycles. The molecular weight excluding hydrogens is 306 g/mol. The molecule has 2 aliphatic heterocycles. The molecular formula is C18H33N3O3. The van der Waals surface area contributed by atoms with E-state index in [4.69, 9.17) is 4.74 Å². The normalized spacial score (nSPS) is 30.3. The SMILES string of the molecule is O=C(NC1CCCCC1)N1C[C@@H](CO)C[C@@H](CN2CCOCC2)C1. The maximum atomic E-state index is 12.7. The first kappa shape index (κ1) is 18.0. The number of urea groups is 1. The number of nitrogens with one attached hydrogen (secondary N) is 1. The molecule has 3 fully saturated rings. The highest BCUT2D eigenvalue weighted by Gasteiger charge is 2.31. The number of aliphatic hydroxyl groups excluding tert-OH is 1.